The second kappa shape index (κ2) is 14.6. The largest absolute Gasteiger partial charge is 0.491 e. The number of aromatic nitrogens is 5. The van der Waals surface area contributed by atoms with Crippen molar-refractivity contribution in [3.05, 3.63) is 93.9 Å². The van der Waals surface area contributed by atoms with Gasteiger partial charge in [0.05, 0.1) is 6.61 Å². The van der Waals surface area contributed by atoms with Gasteiger partial charge in [-0.2, -0.15) is 13.2 Å². The number of hydrogen-bond donors (Lipinski definition) is 5. The van der Waals surface area contributed by atoms with Gasteiger partial charge in [0.1, 0.15) is 24.2 Å². The van der Waals surface area contributed by atoms with Crippen molar-refractivity contribution < 1.29 is 32.5 Å². The Morgan fingerprint density at radius 1 is 1.16 bits per heavy atom. The molecule has 228 valence electrons. The Labute approximate surface area is 243 Å². The minimum Gasteiger partial charge on any atom is -0.491 e. The molecule has 0 bridgehead atoms. The number of nitrogens with one attached hydrogen (secondary N) is 3. The number of aliphatic carboxylic acids is 1. The second-order valence-corrected chi connectivity index (χ2v) is 8.75. The number of rotatable bonds is 11. The number of aryl methyl sites for hydroxylation is 1. The number of anilines is 1. The molecule has 0 saturated carbocycles. The molecule has 0 unspecified atom stereocenters. The van der Waals surface area contributed by atoms with E-state index in [0.29, 0.717) is 30.4 Å². The normalized spacial score (nSPS) is 11.7. The summed E-state index contributed by atoms with van der Waals surface area (Å²) in [7, 11) is 1.62. The van der Waals surface area contributed by atoms with Crippen molar-refractivity contribution in [2.75, 3.05) is 25.6 Å². The molecule has 2 aromatic heterocycles. The molecule has 0 radical (unpaired) electrons. The number of H-pyrrole nitrogens is 1. The zero-order valence-corrected chi connectivity index (χ0v) is 23.1. The van der Waals surface area contributed by atoms with Crippen molar-refractivity contribution in [2.45, 2.75) is 25.6 Å². The predicted octanol–water partition coefficient (Wildman–Crippen LogP) is 3.06. The Bertz CT molecular complexity index is 1570. The number of nitrogens with two attached hydrogens (primary N) is 1. The number of nitrogens with zero attached hydrogens (tertiary/aromatic N) is 4. The van der Waals surface area contributed by atoms with Gasteiger partial charge in [0.2, 0.25) is 0 Å². The lowest BCUT2D eigenvalue weighted by Gasteiger charge is -2.20. The van der Waals surface area contributed by atoms with E-state index in [9.17, 15) is 18.0 Å². The number of nitrogen functional groups attached to an aromatic ring is 1. The number of benzene rings is 2. The van der Waals surface area contributed by atoms with Crippen LogP contribution in [0.4, 0.5) is 18.9 Å². The van der Waals surface area contributed by atoms with Gasteiger partial charge in [-0.3, -0.25) is 10.4 Å². The SMILES string of the molecule is CCc1cc(OCCOC)cc([C@H](Nc2ccc(C(=N)N)cc2)c2nn(-c3ncccn3)c(=O)[nH]2)c1.O=C(O)C(F)(F)F. The lowest BCUT2D eigenvalue weighted by Crippen LogP contribution is -2.21. The number of hydrogen-bond acceptors (Lipinski definition) is 9. The van der Waals surface area contributed by atoms with Gasteiger partial charge >= 0.3 is 17.8 Å². The fourth-order valence-electron chi connectivity index (χ4n) is 3.61. The number of aromatic amines is 1. The average molecular weight is 603 g/mol. The van der Waals surface area contributed by atoms with Crippen LogP contribution >= 0.6 is 0 Å². The minimum atomic E-state index is -5.08. The van der Waals surface area contributed by atoms with Gasteiger partial charge in [-0.1, -0.05) is 13.0 Å². The smallest absolute Gasteiger partial charge is 0.490 e. The summed E-state index contributed by atoms with van der Waals surface area (Å²) in [6.07, 6.45) is -1.20. The topological polar surface area (TPSA) is 194 Å². The minimum absolute atomic E-state index is 0.0162. The van der Waals surface area contributed by atoms with Crippen molar-refractivity contribution in [1.82, 2.24) is 24.7 Å². The third-order valence-electron chi connectivity index (χ3n) is 5.69. The average Bonchev–Trinajstić information content (AvgIpc) is 3.37. The predicted molar refractivity (Wildman–Crippen MR) is 150 cm³/mol. The lowest BCUT2D eigenvalue weighted by atomic mass is 10.0. The first-order chi connectivity index (χ1) is 20.4. The van der Waals surface area contributed by atoms with Crippen LogP contribution in [0.5, 0.6) is 5.75 Å². The summed E-state index contributed by atoms with van der Waals surface area (Å²) >= 11 is 0. The molecule has 0 aliphatic rings. The van der Waals surface area contributed by atoms with Crippen LogP contribution in [0.3, 0.4) is 0 Å². The fraction of sp³-hybridized carbons (Fsp3) is 0.259. The maximum atomic E-state index is 12.8. The number of halogens is 3. The molecule has 43 heavy (non-hydrogen) atoms. The highest BCUT2D eigenvalue weighted by molar-refractivity contribution is 5.95. The maximum Gasteiger partial charge on any atom is 0.490 e. The molecular formula is C27H29F3N8O5. The summed E-state index contributed by atoms with van der Waals surface area (Å²) in [5.74, 6) is -1.54. The zero-order chi connectivity index (χ0) is 31.6. The summed E-state index contributed by atoms with van der Waals surface area (Å²) in [5.41, 5.74) is 8.40. The molecule has 0 spiro atoms. The molecule has 16 heteroatoms. The van der Waals surface area contributed by atoms with Gasteiger partial charge < -0.3 is 25.6 Å². The van der Waals surface area contributed by atoms with Gasteiger partial charge in [0.15, 0.2) is 5.82 Å². The van der Waals surface area contributed by atoms with Gasteiger partial charge in [-0.25, -0.2) is 19.6 Å². The second-order valence-electron chi connectivity index (χ2n) is 8.75. The first-order valence-corrected chi connectivity index (χ1v) is 12.7. The molecular weight excluding hydrogens is 573 g/mol. The van der Waals surface area contributed by atoms with Crippen LogP contribution in [0.15, 0.2) is 65.7 Å². The number of carboxylic acids is 1. The fourth-order valence-corrected chi connectivity index (χ4v) is 3.61. The van der Waals surface area contributed by atoms with Crippen molar-refractivity contribution in [2.24, 2.45) is 5.73 Å². The molecule has 6 N–H and O–H groups in total. The van der Waals surface area contributed by atoms with E-state index < -0.39 is 23.9 Å². The highest BCUT2D eigenvalue weighted by Gasteiger charge is 2.38. The Morgan fingerprint density at radius 2 is 1.81 bits per heavy atom. The molecule has 2 heterocycles. The number of methoxy groups -OCH3 is 1. The van der Waals surface area contributed by atoms with Crippen LogP contribution in [0.2, 0.25) is 0 Å². The van der Waals surface area contributed by atoms with Crippen molar-refractivity contribution in [3.63, 3.8) is 0 Å². The van der Waals surface area contributed by atoms with Crippen LogP contribution in [-0.2, 0) is 16.0 Å². The van der Waals surface area contributed by atoms with Crippen molar-refractivity contribution >= 4 is 17.5 Å². The Balaban J connectivity index is 0.000000646. The quantitative estimate of drug-likeness (QED) is 0.0967. The molecule has 0 saturated heterocycles. The number of alkyl halides is 3. The molecule has 1 atom stereocenters. The number of amidine groups is 1. The number of carboxylic acid groups (broad SMARTS) is 1. The molecule has 0 aliphatic heterocycles. The summed E-state index contributed by atoms with van der Waals surface area (Å²) in [6.45, 7) is 2.93. The molecule has 0 aliphatic carbocycles. The van der Waals surface area contributed by atoms with Gasteiger partial charge in [-0.05, 0) is 60.0 Å². The van der Waals surface area contributed by atoms with Gasteiger partial charge in [0.25, 0.3) is 5.95 Å². The van der Waals surface area contributed by atoms with E-state index in [4.69, 9.17) is 30.5 Å². The van der Waals surface area contributed by atoms with E-state index in [0.717, 1.165) is 27.9 Å². The molecule has 13 nitrogen and oxygen atoms in total. The standard InChI is InChI=1S/C25H28N8O3.C2HF3O2/c1-3-16-13-18(15-20(14-16)36-12-11-35-2)21(30-19-7-5-17(6-8-19)22(26)27)23-31-25(34)33(32-23)24-28-9-4-10-29-24;3-2(4,5)1(6)7/h4-10,13-15,21,30H,3,11-12H2,1-2H3,(H3,26,27)(H,31,32,34);(H,6,7)/t21-;/m0./s1. The summed E-state index contributed by atoms with van der Waals surface area (Å²) < 4.78 is 43.9. The molecule has 4 rings (SSSR count). The van der Waals surface area contributed by atoms with E-state index >= 15 is 0 Å². The van der Waals surface area contributed by atoms with Gasteiger partial charge in [-0.15, -0.1) is 9.78 Å². The maximum absolute atomic E-state index is 12.8. The lowest BCUT2D eigenvalue weighted by molar-refractivity contribution is -0.192. The van der Waals surface area contributed by atoms with Gasteiger partial charge in [0, 0.05) is 30.8 Å². The van der Waals surface area contributed by atoms with Crippen LogP contribution in [0.1, 0.15) is 35.5 Å². The van der Waals surface area contributed by atoms with E-state index in [2.05, 4.69) is 32.3 Å². The zero-order valence-electron chi connectivity index (χ0n) is 23.1. The molecule has 4 aromatic rings. The summed E-state index contributed by atoms with van der Waals surface area (Å²) in [4.78, 5) is 32.8. The van der Waals surface area contributed by atoms with E-state index in [1.807, 2.05) is 30.3 Å². The first kappa shape index (κ1) is 32.3. The van der Waals surface area contributed by atoms with Crippen molar-refractivity contribution in [1.29, 1.82) is 5.41 Å². The molecule has 0 fully saturated rings. The van der Waals surface area contributed by atoms with E-state index in [1.54, 1.807) is 37.7 Å². The number of ether oxygens (including phenoxy) is 2. The Kier molecular flexibility index (Phi) is 10.9. The summed E-state index contributed by atoms with van der Waals surface area (Å²) in [6, 6.07) is 14.2. The third kappa shape index (κ3) is 9.12. The Morgan fingerprint density at radius 3 is 2.37 bits per heavy atom. The van der Waals surface area contributed by atoms with Crippen LogP contribution < -0.4 is 21.5 Å². The monoisotopic (exact) mass is 602 g/mol. The highest BCUT2D eigenvalue weighted by atomic mass is 19.4. The van der Waals surface area contributed by atoms with Crippen LogP contribution in [-0.4, -0.2) is 68.1 Å². The molecule has 0 amide bonds. The van der Waals surface area contributed by atoms with Crippen LogP contribution in [0.25, 0.3) is 5.95 Å². The summed E-state index contributed by atoms with van der Waals surface area (Å²) in [5, 5.41) is 22.7. The Hall–Kier alpha value is -5.25. The third-order valence-corrected chi connectivity index (χ3v) is 5.69. The number of carbonyl (C=O) groups is 1. The first-order valence-electron chi connectivity index (χ1n) is 12.7. The van der Waals surface area contributed by atoms with E-state index in [1.165, 1.54) is 0 Å². The van der Waals surface area contributed by atoms with E-state index in [-0.39, 0.29) is 11.8 Å². The van der Waals surface area contributed by atoms with Crippen LogP contribution in [0, 0.1) is 5.41 Å². The molecule has 2 aromatic carbocycles. The van der Waals surface area contributed by atoms with Crippen molar-refractivity contribution in [3.8, 4) is 11.7 Å². The highest BCUT2D eigenvalue weighted by Crippen LogP contribution is 2.29.